The van der Waals surface area contributed by atoms with E-state index < -0.39 is 0 Å². The average Bonchev–Trinajstić information content (AvgIpc) is 3.37. The van der Waals surface area contributed by atoms with Crippen molar-refractivity contribution >= 4 is 11.2 Å². The van der Waals surface area contributed by atoms with Crippen molar-refractivity contribution in [2.24, 2.45) is 0 Å². The first-order valence-electron chi connectivity index (χ1n) is 10.4. The van der Waals surface area contributed by atoms with E-state index in [0.29, 0.717) is 35.3 Å². The number of rotatable bonds is 5. The Balaban J connectivity index is 1.51. The predicted octanol–water partition coefficient (Wildman–Crippen LogP) is 3.24. The molecule has 0 fully saturated rings. The van der Waals surface area contributed by atoms with Crippen molar-refractivity contribution in [3.8, 4) is 17.1 Å². The van der Waals surface area contributed by atoms with Gasteiger partial charge in [0.05, 0.1) is 18.4 Å². The molecule has 0 aliphatic carbocycles. The van der Waals surface area contributed by atoms with E-state index in [-0.39, 0.29) is 5.69 Å². The van der Waals surface area contributed by atoms with Gasteiger partial charge in [0.2, 0.25) is 0 Å². The Hall–Kier alpha value is -4.14. The van der Waals surface area contributed by atoms with Crippen LogP contribution in [0.3, 0.4) is 0 Å². The average molecular weight is 426 g/mol. The van der Waals surface area contributed by atoms with Gasteiger partial charge in [-0.2, -0.15) is 0 Å². The summed E-state index contributed by atoms with van der Waals surface area (Å²) in [6.07, 6.45) is 1.68. The standard InChI is InChI=1S/C23H22N8O/c1-14(2)18-6-4-5-7-19(18)21-24-12-20-22(26-21)30(23(32)25-20)13-16-8-10-17(11-9-16)31-28-15(3)27-29-31/h4-12,14H,13H2,1-3H3,(H,25,32). The van der Waals surface area contributed by atoms with E-state index in [9.17, 15) is 4.79 Å². The summed E-state index contributed by atoms with van der Waals surface area (Å²) in [5.74, 6) is 1.55. The number of tetrazole rings is 1. The number of fused-ring (bicyclic) bond motifs is 1. The van der Waals surface area contributed by atoms with Crippen LogP contribution in [0.25, 0.3) is 28.2 Å². The molecule has 1 N–H and O–H groups in total. The maximum absolute atomic E-state index is 12.7. The summed E-state index contributed by atoms with van der Waals surface area (Å²) in [7, 11) is 0. The molecule has 3 aromatic heterocycles. The summed E-state index contributed by atoms with van der Waals surface area (Å²) in [4.78, 5) is 26.3. The van der Waals surface area contributed by atoms with Gasteiger partial charge in [-0.15, -0.1) is 15.0 Å². The number of nitrogens with one attached hydrogen (secondary N) is 1. The number of H-pyrrole nitrogens is 1. The van der Waals surface area contributed by atoms with Gasteiger partial charge in [-0.05, 0) is 41.3 Å². The van der Waals surface area contributed by atoms with Crippen LogP contribution in [0.1, 0.15) is 36.7 Å². The van der Waals surface area contributed by atoms with Crippen LogP contribution in [0, 0.1) is 6.92 Å². The largest absolute Gasteiger partial charge is 0.328 e. The summed E-state index contributed by atoms with van der Waals surface area (Å²) in [6, 6.07) is 15.8. The number of imidazole rings is 1. The Morgan fingerprint density at radius 1 is 1.06 bits per heavy atom. The third-order valence-electron chi connectivity index (χ3n) is 5.36. The minimum Gasteiger partial charge on any atom is -0.303 e. The van der Waals surface area contributed by atoms with E-state index in [4.69, 9.17) is 4.98 Å². The molecule has 0 unspecified atom stereocenters. The van der Waals surface area contributed by atoms with Gasteiger partial charge in [0.1, 0.15) is 5.52 Å². The molecule has 0 saturated carbocycles. The number of nitrogens with zero attached hydrogens (tertiary/aromatic N) is 7. The Bertz CT molecular complexity index is 1460. The van der Waals surface area contributed by atoms with Crippen molar-refractivity contribution in [3.63, 3.8) is 0 Å². The second kappa shape index (κ2) is 7.84. The van der Waals surface area contributed by atoms with Crippen molar-refractivity contribution in [2.45, 2.75) is 33.2 Å². The molecule has 0 amide bonds. The molecule has 9 nitrogen and oxygen atoms in total. The molecule has 0 bridgehead atoms. The zero-order chi connectivity index (χ0) is 22.2. The van der Waals surface area contributed by atoms with Crippen LogP contribution in [-0.4, -0.2) is 39.7 Å². The fraction of sp³-hybridized carbons (Fsp3) is 0.217. The van der Waals surface area contributed by atoms with Crippen LogP contribution in [0.4, 0.5) is 0 Å². The first-order valence-corrected chi connectivity index (χ1v) is 10.4. The number of hydrogen-bond donors (Lipinski definition) is 1. The molecule has 160 valence electrons. The SMILES string of the molecule is Cc1nnn(-c2ccc(Cn3c(=O)[nH]c4cnc(-c5ccccc5C(C)C)nc43)cc2)n1. The van der Waals surface area contributed by atoms with Gasteiger partial charge in [-0.3, -0.25) is 4.57 Å². The zero-order valence-electron chi connectivity index (χ0n) is 18.0. The van der Waals surface area contributed by atoms with Crippen LogP contribution in [0.2, 0.25) is 0 Å². The van der Waals surface area contributed by atoms with Crippen LogP contribution in [0.15, 0.2) is 59.5 Å². The van der Waals surface area contributed by atoms with Crippen molar-refractivity contribution < 1.29 is 0 Å². The van der Waals surface area contributed by atoms with E-state index in [1.54, 1.807) is 17.7 Å². The number of benzene rings is 2. The summed E-state index contributed by atoms with van der Waals surface area (Å²) in [6.45, 7) is 6.45. The van der Waals surface area contributed by atoms with Crippen molar-refractivity contribution in [1.29, 1.82) is 0 Å². The minimum atomic E-state index is -0.221. The zero-order valence-corrected chi connectivity index (χ0v) is 18.0. The van der Waals surface area contributed by atoms with Crippen LogP contribution < -0.4 is 5.69 Å². The number of hydrogen-bond acceptors (Lipinski definition) is 6. The lowest BCUT2D eigenvalue weighted by Gasteiger charge is -2.11. The molecule has 32 heavy (non-hydrogen) atoms. The van der Waals surface area contributed by atoms with E-state index in [2.05, 4.69) is 45.3 Å². The van der Waals surface area contributed by atoms with Crippen LogP contribution in [0.5, 0.6) is 0 Å². The Kier molecular flexibility index (Phi) is 4.85. The van der Waals surface area contributed by atoms with Crippen molar-refractivity contribution in [1.82, 2.24) is 39.7 Å². The molecule has 0 aliphatic heterocycles. The molecule has 5 rings (SSSR count). The van der Waals surface area contributed by atoms with Crippen LogP contribution in [-0.2, 0) is 6.54 Å². The highest BCUT2D eigenvalue weighted by Crippen LogP contribution is 2.27. The summed E-state index contributed by atoms with van der Waals surface area (Å²) >= 11 is 0. The molecule has 0 spiro atoms. The number of aryl methyl sites for hydroxylation is 1. The monoisotopic (exact) mass is 426 g/mol. The highest BCUT2D eigenvalue weighted by Gasteiger charge is 2.15. The van der Waals surface area contributed by atoms with E-state index in [0.717, 1.165) is 16.8 Å². The number of aromatic nitrogens is 8. The summed E-state index contributed by atoms with van der Waals surface area (Å²) < 4.78 is 1.63. The molecular weight excluding hydrogens is 404 g/mol. The van der Waals surface area contributed by atoms with Gasteiger partial charge >= 0.3 is 5.69 Å². The molecule has 9 heteroatoms. The smallest absolute Gasteiger partial charge is 0.303 e. The van der Waals surface area contributed by atoms with Gasteiger partial charge in [-0.25, -0.2) is 14.8 Å². The second-order valence-corrected chi connectivity index (χ2v) is 7.98. The van der Waals surface area contributed by atoms with Crippen molar-refractivity contribution in [3.05, 3.63) is 82.2 Å². The van der Waals surface area contributed by atoms with Gasteiger partial charge in [-0.1, -0.05) is 50.2 Å². The Morgan fingerprint density at radius 2 is 1.84 bits per heavy atom. The molecule has 2 aromatic carbocycles. The van der Waals surface area contributed by atoms with Gasteiger partial charge in [0, 0.05) is 5.56 Å². The molecule has 0 radical (unpaired) electrons. The van der Waals surface area contributed by atoms with Crippen molar-refractivity contribution in [2.75, 3.05) is 0 Å². The molecule has 0 aliphatic rings. The first-order chi connectivity index (χ1) is 15.5. The Morgan fingerprint density at radius 3 is 2.56 bits per heavy atom. The quantitative estimate of drug-likeness (QED) is 0.462. The fourth-order valence-electron chi connectivity index (χ4n) is 3.74. The maximum atomic E-state index is 12.7. The Labute approximate surface area is 183 Å². The van der Waals surface area contributed by atoms with Crippen LogP contribution >= 0.6 is 0 Å². The molecule has 3 heterocycles. The van der Waals surface area contributed by atoms with Gasteiger partial charge in [0.25, 0.3) is 0 Å². The second-order valence-electron chi connectivity index (χ2n) is 7.98. The normalized spacial score (nSPS) is 11.5. The lowest BCUT2D eigenvalue weighted by atomic mass is 9.97. The van der Waals surface area contributed by atoms with E-state index in [1.165, 1.54) is 10.4 Å². The molecular formula is C23H22N8O. The lowest BCUT2D eigenvalue weighted by molar-refractivity contribution is 0.717. The van der Waals surface area contributed by atoms with Gasteiger partial charge in [0.15, 0.2) is 17.3 Å². The van der Waals surface area contributed by atoms with Gasteiger partial charge < -0.3 is 4.98 Å². The molecule has 5 aromatic rings. The highest BCUT2D eigenvalue weighted by molar-refractivity contribution is 5.73. The maximum Gasteiger partial charge on any atom is 0.328 e. The third-order valence-corrected chi connectivity index (χ3v) is 5.36. The fourth-order valence-corrected chi connectivity index (χ4v) is 3.74. The molecule has 0 atom stereocenters. The first kappa shape index (κ1) is 19.8. The highest BCUT2D eigenvalue weighted by atomic mass is 16.1. The summed E-state index contributed by atoms with van der Waals surface area (Å²) in [5.41, 5.74) is 4.87. The van der Waals surface area contributed by atoms with E-state index >= 15 is 0 Å². The predicted molar refractivity (Wildman–Crippen MR) is 121 cm³/mol. The summed E-state index contributed by atoms with van der Waals surface area (Å²) in [5, 5.41) is 12.1. The number of aromatic amines is 1. The third kappa shape index (κ3) is 3.58. The molecule has 0 saturated heterocycles. The topological polar surface area (TPSA) is 107 Å². The lowest BCUT2D eigenvalue weighted by Crippen LogP contribution is -2.18. The van der Waals surface area contributed by atoms with E-state index in [1.807, 2.05) is 42.5 Å². The minimum absolute atomic E-state index is 0.221.